The highest BCUT2D eigenvalue weighted by atomic mass is 35.5. The molecule has 0 atom stereocenters. The first-order chi connectivity index (χ1) is 8.66. The fourth-order valence-electron chi connectivity index (χ4n) is 1.71. The van der Waals surface area contributed by atoms with E-state index in [1.54, 1.807) is 12.1 Å². The van der Waals surface area contributed by atoms with Gasteiger partial charge in [-0.05, 0) is 30.2 Å². The lowest BCUT2D eigenvalue weighted by molar-refractivity contribution is 0.0950. The molecule has 0 aliphatic rings. The van der Waals surface area contributed by atoms with E-state index in [1.807, 2.05) is 43.3 Å². The lowest BCUT2D eigenvalue weighted by atomic mass is 10.1. The normalized spacial score (nSPS) is 10.1. The van der Waals surface area contributed by atoms with E-state index in [1.165, 1.54) is 0 Å². The SMILES string of the molecule is Cc1ccc(Cl)cc1C(=O)NCc1ccccc1. The van der Waals surface area contributed by atoms with E-state index >= 15 is 0 Å². The molecule has 1 amide bonds. The third-order valence-electron chi connectivity index (χ3n) is 2.74. The van der Waals surface area contributed by atoms with Crippen LogP contribution in [0, 0.1) is 6.92 Å². The Kier molecular flexibility index (Phi) is 4.00. The molecular weight excluding hydrogens is 246 g/mol. The lowest BCUT2D eigenvalue weighted by Gasteiger charge is -2.08. The molecule has 2 nitrogen and oxygen atoms in total. The van der Waals surface area contributed by atoms with Crippen molar-refractivity contribution in [2.24, 2.45) is 0 Å². The van der Waals surface area contributed by atoms with Gasteiger partial charge >= 0.3 is 0 Å². The van der Waals surface area contributed by atoms with Crippen LogP contribution in [0.2, 0.25) is 5.02 Å². The minimum Gasteiger partial charge on any atom is -0.348 e. The van der Waals surface area contributed by atoms with Gasteiger partial charge in [0.25, 0.3) is 5.91 Å². The van der Waals surface area contributed by atoms with Crippen LogP contribution in [0.5, 0.6) is 0 Å². The van der Waals surface area contributed by atoms with E-state index < -0.39 is 0 Å². The maximum absolute atomic E-state index is 12.0. The van der Waals surface area contributed by atoms with Crippen LogP contribution < -0.4 is 5.32 Å². The number of carbonyl (C=O) groups excluding carboxylic acids is 1. The Bertz CT molecular complexity index is 552. The highest BCUT2D eigenvalue weighted by Gasteiger charge is 2.08. The van der Waals surface area contributed by atoms with Crippen LogP contribution in [0.15, 0.2) is 48.5 Å². The van der Waals surface area contributed by atoms with Crippen molar-refractivity contribution >= 4 is 17.5 Å². The Labute approximate surface area is 112 Å². The number of amides is 1. The van der Waals surface area contributed by atoms with Gasteiger partial charge in [0.15, 0.2) is 0 Å². The predicted octanol–water partition coefficient (Wildman–Crippen LogP) is 3.58. The zero-order valence-corrected chi connectivity index (χ0v) is 10.9. The summed E-state index contributed by atoms with van der Waals surface area (Å²) in [5, 5.41) is 3.46. The Morgan fingerprint density at radius 3 is 2.61 bits per heavy atom. The number of nitrogens with one attached hydrogen (secondary N) is 1. The number of aryl methyl sites for hydroxylation is 1. The summed E-state index contributed by atoms with van der Waals surface area (Å²) in [6, 6.07) is 15.1. The molecule has 0 spiro atoms. The van der Waals surface area contributed by atoms with Crippen molar-refractivity contribution in [2.45, 2.75) is 13.5 Å². The first-order valence-electron chi connectivity index (χ1n) is 5.75. The minimum absolute atomic E-state index is 0.0983. The van der Waals surface area contributed by atoms with Gasteiger partial charge < -0.3 is 5.32 Å². The van der Waals surface area contributed by atoms with Gasteiger partial charge in [-0.15, -0.1) is 0 Å². The van der Waals surface area contributed by atoms with E-state index in [-0.39, 0.29) is 5.91 Å². The molecule has 2 aromatic carbocycles. The topological polar surface area (TPSA) is 29.1 Å². The molecule has 0 aliphatic heterocycles. The molecule has 0 radical (unpaired) electrons. The summed E-state index contributed by atoms with van der Waals surface area (Å²) in [4.78, 5) is 12.0. The smallest absolute Gasteiger partial charge is 0.251 e. The number of hydrogen-bond donors (Lipinski definition) is 1. The molecule has 0 aromatic heterocycles. The fourth-order valence-corrected chi connectivity index (χ4v) is 1.88. The van der Waals surface area contributed by atoms with Crippen LogP contribution in [0.4, 0.5) is 0 Å². The molecule has 0 bridgehead atoms. The third-order valence-corrected chi connectivity index (χ3v) is 2.98. The lowest BCUT2D eigenvalue weighted by Crippen LogP contribution is -2.23. The zero-order valence-electron chi connectivity index (χ0n) is 10.1. The van der Waals surface area contributed by atoms with E-state index in [0.717, 1.165) is 11.1 Å². The third kappa shape index (κ3) is 3.11. The largest absolute Gasteiger partial charge is 0.348 e. The number of benzene rings is 2. The van der Waals surface area contributed by atoms with Crippen molar-refractivity contribution in [1.29, 1.82) is 0 Å². The highest BCUT2D eigenvalue weighted by Crippen LogP contribution is 2.15. The quantitative estimate of drug-likeness (QED) is 0.897. The molecular formula is C15H14ClNO. The predicted molar refractivity (Wildman–Crippen MR) is 73.8 cm³/mol. The summed E-state index contributed by atoms with van der Waals surface area (Å²) in [7, 11) is 0. The van der Waals surface area contributed by atoms with E-state index in [9.17, 15) is 4.79 Å². The summed E-state index contributed by atoms with van der Waals surface area (Å²) >= 11 is 5.90. The summed E-state index contributed by atoms with van der Waals surface area (Å²) in [5.74, 6) is -0.0983. The van der Waals surface area contributed by atoms with Crippen molar-refractivity contribution in [2.75, 3.05) is 0 Å². The van der Waals surface area contributed by atoms with Gasteiger partial charge in [0.1, 0.15) is 0 Å². The van der Waals surface area contributed by atoms with Gasteiger partial charge in [-0.3, -0.25) is 4.79 Å². The Balaban J connectivity index is 2.06. The Morgan fingerprint density at radius 1 is 1.17 bits per heavy atom. The highest BCUT2D eigenvalue weighted by molar-refractivity contribution is 6.31. The van der Waals surface area contributed by atoms with Gasteiger partial charge in [0.05, 0.1) is 0 Å². The molecule has 92 valence electrons. The Morgan fingerprint density at radius 2 is 1.89 bits per heavy atom. The Hall–Kier alpha value is -1.80. The summed E-state index contributed by atoms with van der Waals surface area (Å²) in [6.07, 6.45) is 0. The van der Waals surface area contributed by atoms with E-state index in [4.69, 9.17) is 11.6 Å². The fraction of sp³-hybridized carbons (Fsp3) is 0.133. The molecule has 0 heterocycles. The van der Waals surface area contributed by atoms with Gasteiger partial charge in [-0.1, -0.05) is 48.0 Å². The van der Waals surface area contributed by atoms with Crippen LogP contribution in [-0.2, 0) is 6.54 Å². The molecule has 2 aromatic rings. The average molecular weight is 260 g/mol. The number of hydrogen-bond acceptors (Lipinski definition) is 1. The van der Waals surface area contributed by atoms with Crippen LogP contribution >= 0.6 is 11.6 Å². The van der Waals surface area contributed by atoms with E-state index in [0.29, 0.717) is 17.1 Å². The molecule has 0 aliphatic carbocycles. The molecule has 3 heteroatoms. The van der Waals surface area contributed by atoms with Crippen molar-refractivity contribution < 1.29 is 4.79 Å². The first kappa shape index (κ1) is 12.7. The molecule has 0 saturated carbocycles. The standard InChI is InChI=1S/C15H14ClNO/c1-11-7-8-13(16)9-14(11)15(18)17-10-12-5-3-2-4-6-12/h2-9H,10H2,1H3,(H,17,18). The summed E-state index contributed by atoms with van der Waals surface area (Å²) < 4.78 is 0. The number of halogens is 1. The van der Waals surface area contributed by atoms with Crippen molar-refractivity contribution in [3.8, 4) is 0 Å². The molecule has 1 N–H and O–H groups in total. The summed E-state index contributed by atoms with van der Waals surface area (Å²) in [6.45, 7) is 2.42. The van der Waals surface area contributed by atoms with Gasteiger partial charge in [-0.2, -0.15) is 0 Å². The van der Waals surface area contributed by atoms with Gasteiger partial charge in [0.2, 0.25) is 0 Å². The van der Waals surface area contributed by atoms with Gasteiger partial charge in [-0.25, -0.2) is 0 Å². The van der Waals surface area contributed by atoms with Crippen LogP contribution in [-0.4, -0.2) is 5.91 Å². The summed E-state index contributed by atoms with van der Waals surface area (Å²) in [5.41, 5.74) is 2.62. The van der Waals surface area contributed by atoms with Crippen molar-refractivity contribution in [3.05, 3.63) is 70.2 Å². The molecule has 18 heavy (non-hydrogen) atoms. The molecule has 0 unspecified atom stereocenters. The molecule has 2 rings (SSSR count). The molecule has 0 fully saturated rings. The average Bonchev–Trinajstić information content (AvgIpc) is 2.40. The second-order valence-electron chi connectivity index (χ2n) is 4.13. The number of rotatable bonds is 3. The second kappa shape index (κ2) is 5.69. The monoisotopic (exact) mass is 259 g/mol. The second-order valence-corrected chi connectivity index (χ2v) is 4.56. The van der Waals surface area contributed by atoms with Gasteiger partial charge in [0, 0.05) is 17.1 Å². The van der Waals surface area contributed by atoms with Crippen LogP contribution in [0.3, 0.4) is 0 Å². The zero-order chi connectivity index (χ0) is 13.0. The minimum atomic E-state index is -0.0983. The van der Waals surface area contributed by atoms with Crippen molar-refractivity contribution in [1.82, 2.24) is 5.32 Å². The maximum atomic E-state index is 12.0. The maximum Gasteiger partial charge on any atom is 0.251 e. The number of carbonyl (C=O) groups is 1. The van der Waals surface area contributed by atoms with Crippen LogP contribution in [0.25, 0.3) is 0 Å². The van der Waals surface area contributed by atoms with Crippen molar-refractivity contribution in [3.63, 3.8) is 0 Å². The molecule has 0 saturated heterocycles. The van der Waals surface area contributed by atoms with E-state index in [2.05, 4.69) is 5.32 Å². The first-order valence-corrected chi connectivity index (χ1v) is 6.13. The van der Waals surface area contributed by atoms with Crippen LogP contribution in [0.1, 0.15) is 21.5 Å².